The van der Waals surface area contributed by atoms with Gasteiger partial charge in [0.2, 0.25) is 13.1 Å². The van der Waals surface area contributed by atoms with Gasteiger partial charge in [-0.05, 0) is 36.7 Å². The van der Waals surface area contributed by atoms with Crippen LogP contribution in [0.15, 0.2) is 18.2 Å². The minimum atomic E-state index is -1.01. The van der Waals surface area contributed by atoms with Crippen molar-refractivity contribution >= 4 is 5.97 Å². The Bertz CT molecular complexity index is 1100. The number of ether oxygens (including phenoxy) is 7. The second-order valence-corrected chi connectivity index (χ2v) is 8.22. The molecule has 33 heavy (non-hydrogen) atoms. The van der Waals surface area contributed by atoms with Crippen molar-refractivity contribution in [2.24, 2.45) is 0 Å². The standard InChI is InChI=1S/C24H27NO8/c1-12(26)32-24-20-19(17(27-3)10-18(28-4)23(20)29-5)21-22(33-24)14-9-16-15(30-11-31-16)8-13(14)6-7-25(21)2/h8-10,21-22,24H,6-7,11H2,1-5H3/t21-,22?,24-/m1/s1. The van der Waals surface area contributed by atoms with Gasteiger partial charge in [0.15, 0.2) is 23.0 Å². The van der Waals surface area contributed by atoms with E-state index < -0.39 is 18.4 Å². The van der Waals surface area contributed by atoms with Crippen LogP contribution in [0, 0.1) is 0 Å². The smallest absolute Gasteiger partial charge is 0.305 e. The number of carbonyl (C=O) groups excluding carboxylic acids is 1. The molecule has 3 aliphatic heterocycles. The van der Waals surface area contributed by atoms with Gasteiger partial charge in [0.1, 0.15) is 11.9 Å². The summed E-state index contributed by atoms with van der Waals surface area (Å²) in [5, 5.41) is 0. The van der Waals surface area contributed by atoms with E-state index in [1.165, 1.54) is 6.92 Å². The van der Waals surface area contributed by atoms with Crippen molar-refractivity contribution in [3.05, 3.63) is 40.5 Å². The number of nitrogens with zero attached hydrogens (tertiary/aromatic N) is 1. The number of rotatable bonds is 4. The summed E-state index contributed by atoms with van der Waals surface area (Å²) in [7, 11) is 6.75. The third-order valence-corrected chi connectivity index (χ3v) is 6.44. The maximum absolute atomic E-state index is 12.1. The molecule has 0 saturated heterocycles. The molecule has 0 aliphatic carbocycles. The van der Waals surface area contributed by atoms with Crippen LogP contribution in [-0.4, -0.2) is 52.6 Å². The van der Waals surface area contributed by atoms with Crippen LogP contribution >= 0.6 is 0 Å². The van der Waals surface area contributed by atoms with Gasteiger partial charge in [0, 0.05) is 25.1 Å². The number of hydrogen-bond acceptors (Lipinski definition) is 9. The average molecular weight is 457 g/mol. The fourth-order valence-electron chi connectivity index (χ4n) is 5.00. The Morgan fingerprint density at radius 1 is 1.00 bits per heavy atom. The molecule has 0 fully saturated rings. The van der Waals surface area contributed by atoms with Crippen LogP contribution in [0.3, 0.4) is 0 Å². The molecular weight excluding hydrogens is 430 g/mol. The van der Waals surface area contributed by atoms with Crippen LogP contribution in [0.1, 0.15) is 47.6 Å². The first-order valence-electron chi connectivity index (χ1n) is 10.7. The Balaban J connectivity index is 1.76. The molecule has 9 nitrogen and oxygen atoms in total. The van der Waals surface area contributed by atoms with Crippen molar-refractivity contribution in [1.82, 2.24) is 4.90 Å². The minimum absolute atomic E-state index is 0.191. The van der Waals surface area contributed by atoms with E-state index in [1.807, 2.05) is 19.2 Å². The van der Waals surface area contributed by atoms with Crippen molar-refractivity contribution < 1.29 is 38.0 Å². The lowest BCUT2D eigenvalue weighted by atomic mass is 9.86. The molecule has 9 heteroatoms. The molecule has 0 saturated carbocycles. The van der Waals surface area contributed by atoms with Crippen molar-refractivity contribution in [3.63, 3.8) is 0 Å². The summed E-state index contributed by atoms with van der Waals surface area (Å²) in [6.45, 7) is 2.31. The quantitative estimate of drug-likeness (QED) is 0.642. The van der Waals surface area contributed by atoms with Crippen LogP contribution in [0.25, 0.3) is 0 Å². The summed E-state index contributed by atoms with van der Waals surface area (Å²) in [6.07, 6.45) is -0.671. The van der Waals surface area contributed by atoms with Crippen molar-refractivity contribution in [2.75, 3.05) is 41.7 Å². The van der Waals surface area contributed by atoms with Crippen LogP contribution in [0.4, 0.5) is 0 Å². The van der Waals surface area contributed by atoms with E-state index in [-0.39, 0.29) is 12.8 Å². The van der Waals surface area contributed by atoms with E-state index in [2.05, 4.69) is 4.90 Å². The van der Waals surface area contributed by atoms with Gasteiger partial charge in [-0.3, -0.25) is 9.69 Å². The van der Waals surface area contributed by atoms with Crippen LogP contribution < -0.4 is 23.7 Å². The van der Waals surface area contributed by atoms with E-state index in [4.69, 9.17) is 33.2 Å². The van der Waals surface area contributed by atoms with Gasteiger partial charge in [-0.25, -0.2) is 0 Å². The second-order valence-electron chi connectivity index (χ2n) is 8.22. The average Bonchev–Trinajstić information content (AvgIpc) is 3.22. The molecule has 5 rings (SSSR count). The fraction of sp³-hybridized carbons (Fsp3) is 0.458. The van der Waals surface area contributed by atoms with E-state index in [0.717, 1.165) is 35.4 Å². The zero-order chi connectivity index (χ0) is 23.3. The molecule has 0 bridgehead atoms. The highest BCUT2D eigenvalue weighted by molar-refractivity contribution is 5.68. The van der Waals surface area contributed by atoms with Gasteiger partial charge >= 0.3 is 5.97 Å². The number of likely N-dealkylation sites (N-methyl/N-ethyl adjacent to an activating group) is 1. The molecule has 3 atom stereocenters. The normalized spacial score (nSPS) is 23.0. The van der Waals surface area contributed by atoms with Crippen LogP contribution in [0.2, 0.25) is 0 Å². The largest absolute Gasteiger partial charge is 0.496 e. The summed E-state index contributed by atoms with van der Waals surface area (Å²) in [6, 6.07) is 5.55. The Kier molecular flexibility index (Phi) is 5.46. The highest BCUT2D eigenvalue weighted by Crippen LogP contribution is 2.57. The van der Waals surface area contributed by atoms with Crippen LogP contribution in [0.5, 0.6) is 28.7 Å². The van der Waals surface area contributed by atoms with E-state index in [1.54, 1.807) is 27.4 Å². The van der Waals surface area contributed by atoms with E-state index in [0.29, 0.717) is 28.6 Å². The number of hydrogen-bond donors (Lipinski definition) is 0. The molecule has 0 radical (unpaired) electrons. The lowest BCUT2D eigenvalue weighted by Gasteiger charge is -2.42. The molecular formula is C24H27NO8. The Morgan fingerprint density at radius 3 is 2.39 bits per heavy atom. The van der Waals surface area contributed by atoms with Crippen molar-refractivity contribution in [1.29, 1.82) is 0 Å². The first-order chi connectivity index (χ1) is 16.0. The van der Waals surface area contributed by atoms with E-state index in [9.17, 15) is 4.79 Å². The fourth-order valence-corrected chi connectivity index (χ4v) is 5.00. The molecule has 0 aromatic heterocycles. The highest BCUT2D eigenvalue weighted by atomic mass is 16.7. The zero-order valence-electron chi connectivity index (χ0n) is 19.3. The number of esters is 1. The molecule has 1 unspecified atom stereocenters. The first-order valence-corrected chi connectivity index (χ1v) is 10.7. The van der Waals surface area contributed by atoms with Gasteiger partial charge in [0.05, 0.1) is 32.9 Å². The molecule has 0 spiro atoms. The maximum Gasteiger partial charge on any atom is 0.305 e. The zero-order valence-corrected chi connectivity index (χ0v) is 19.3. The molecule has 3 aliphatic rings. The Labute approximate surface area is 192 Å². The third kappa shape index (κ3) is 3.43. The van der Waals surface area contributed by atoms with Gasteiger partial charge in [-0.2, -0.15) is 0 Å². The monoisotopic (exact) mass is 457 g/mol. The minimum Gasteiger partial charge on any atom is -0.496 e. The number of benzene rings is 2. The van der Waals surface area contributed by atoms with Gasteiger partial charge in [-0.15, -0.1) is 0 Å². The molecule has 0 N–H and O–H groups in total. The lowest BCUT2D eigenvalue weighted by molar-refractivity contribution is -0.207. The first kappa shape index (κ1) is 21.7. The number of fused-ring (bicyclic) bond motifs is 6. The Morgan fingerprint density at radius 2 is 1.73 bits per heavy atom. The number of carbonyl (C=O) groups is 1. The topological polar surface area (TPSA) is 84.9 Å². The summed E-state index contributed by atoms with van der Waals surface area (Å²) >= 11 is 0. The third-order valence-electron chi connectivity index (χ3n) is 6.44. The van der Waals surface area contributed by atoms with E-state index >= 15 is 0 Å². The second kappa shape index (κ2) is 8.31. The lowest BCUT2D eigenvalue weighted by Crippen LogP contribution is -2.36. The van der Waals surface area contributed by atoms with Gasteiger partial charge < -0.3 is 33.2 Å². The van der Waals surface area contributed by atoms with Gasteiger partial charge in [0.25, 0.3) is 0 Å². The molecule has 2 aromatic rings. The maximum atomic E-state index is 12.1. The molecule has 176 valence electrons. The summed E-state index contributed by atoms with van der Waals surface area (Å²) < 4.78 is 40.5. The van der Waals surface area contributed by atoms with Crippen molar-refractivity contribution in [2.45, 2.75) is 31.8 Å². The SMILES string of the molecule is COc1cc(OC)c2c(c1OC)[C@H](OC(C)=O)OC1c3cc4c(cc3CCN(C)[C@H]21)OCO4. The molecule has 2 aromatic carbocycles. The highest BCUT2D eigenvalue weighted by Gasteiger charge is 2.47. The predicted molar refractivity (Wildman–Crippen MR) is 116 cm³/mol. The Hall–Kier alpha value is -3.17. The van der Waals surface area contributed by atoms with Crippen molar-refractivity contribution in [3.8, 4) is 28.7 Å². The molecule has 3 heterocycles. The van der Waals surface area contributed by atoms with Crippen LogP contribution in [-0.2, 0) is 20.7 Å². The summed E-state index contributed by atoms with van der Waals surface area (Å²) in [4.78, 5) is 14.3. The summed E-state index contributed by atoms with van der Waals surface area (Å²) in [5.74, 6) is 2.45. The van der Waals surface area contributed by atoms with Gasteiger partial charge in [-0.1, -0.05) is 0 Å². The predicted octanol–water partition coefficient (Wildman–Crippen LogP) is 3.30. The molecule has 0 amide bonds. The summed E-state index contributed by atoms with van der Waals surface area (Å²) in [5.41, 5.74) is 3.49. The number of methoxy groups -OCH3 is 3.